The van der Waals surface area contributed by atoms with Crippen molar-refractivity contribution in [1.29, 1.82) is 0 Å². The van der Waals surface area contributed by atoms with E-state index in [4.69, 9.17) is 0 Å². The van der Waals surface area contributed by atoms with Gasteiger partial charge in [-0.15, -0.1) is 0 Å². The molecule has 1 spiro atoms. The minimum atomic E-state index is 0.683. The fourth-order valence-corrected chi connectivity index (χ4v) is 3.84. The molecule has 100 valence electrons. The Labute approximate surface area is 110 Å². The van der Waals surface area contributed by atoms with Crippen LogP contribution in [0.15, 0.2) is 18.7 Å². The highest BCUT2D eigenvalue weighted by Gasteiger charge is 2.37. The molecule has 2 aliphatic rings. The quantitative estimate of drug-likeness (QED) is 0.800. The molecule has 1 aliphatic carbocycles. The Morgan fingerprint density at radius 3 is 2.44 bits per heavy atom. The maximum absolute atomic E-state index is 4.18. The largest absolute Gasteiger partial charge is 0.334 e. The van der Waals surface area contributed by atoms with Gasteiger partial charge in [0.1, 0.15) is 0 Å². The molecule has 3 rings (SSSR count). The van der Waals surface area contributed by atoms with Gasteiger partial charge in [-0.1, -0.05) is 6.92 Å². The Morgan fingerprint density at radius 2 is 1.89 bits per heavy atom. The second kappa shape index (κ2) is 5.04. The Bertz CT molecular complexity index is 353. The van der Waals surface area contributed by atoms with Gasteiger partial charge in [0.05, 0.1) is 6.33 Å². The number of likely N-dealkylation sites (tertiary alicyclic amines) is 1. The molecule has 1 saturated heterocycles. The zero-order chi connectivity index (χ0) is 12.4. The van der Waals surface area contributed by atoms with Crippen molar-refractivity contribution in [1.82, 2.24) is 14.5 Å². The summed E-state index contributed by atoms with van der Waals surface area (Å²) in [6.07, 6.45) is 14.4. The maximum atomic E-state index is 4.18. The van der Waals surface area contributed by atoms with Crippen LogP contribution in [0.5, 0.6) is 0 Å². The van der Waals surface area contributed by atoms with Crippen LogP contribution in [0.4, 0.5) is 0 Å². The highest BCUT2D eigenvalue weighted by molar-refractivity contribution is 4.93. The molecule has 0 unspecified atom stereocenters. The minimum Gasteiger partial charge on any atom is -0.334 e. The molecule has 0 bridgehead atoms. The van der Waals surface area contributed by atoms with Gasteiger partial charge in [-0.3, -0.25) is 0 Å². The third kappa shape index (κ3) is 2.33. The molecule has 1 aliphatic heterocycles. The van der Waals surface area contributed by atoms with E-state index < -0.39 is 0 Å². The molecule has 0 atom stereocenters. The van der Waals surface area contributed by atoms with Gasteiger partial charge in [-0.2, -0.15) is 0 Å². The summed E-state index contributed by atoms with van der Waals surface area (Å²) < 4.78 is 2.31. The smallest absolute Gasteiger partial charge is 0.0948 e. The van der Waals surface area contributed by atoms with Gasteiger partial charge >= 0.3 is 0 Å². The average molecular weight is 247 g/mol. The Balaban J connectivity index is 1.57. The summed E-state index contributed by atoms with van der Waals surface area (Å²) in [5.74, 6) is 0. The van der Waals surface area contributed by atoms with Gasteiger partial charge in [0.2, 0.25) is 0 Å². The van der Waals surface area contributed by atoms with Crippen LogP contribution in [-0.2, 0) is 0 Å². The summed E-state index contributed by atoms with van der Waals surface area (Å²) in [6, 6.07) is 0.710. The first-order valence-corrected chi connectivity index (χ1v) is 7.51. The third-order valence-corrected chi connectivity index (χ3v) is 5.33. The van der Waals surface area contributed by atoms with Gasteiger partial charge in [0, 0.05) is 18.4 Å². The summed E-state index contributed by atoms with van der Waals surface area (Å²) in [6.45, 7) is 6.17. The van der Waals surface area contributed by atoms with Crippen LogP contribution in [0, 0.1) is 5.41 Å². The van der Waals surface area contributed by atoms with Crippen molar-refractivity contribution in [2.75, 3.05) is 19.6 Å². The van der Waals surface area contributed by atoms with Crippen molar-refractivity contribution >= 4 is 0 Å². The van der Waals surface area contributed by atoms with E-state index in [2.05, 4.69) is 27.6 Å². The highest BCUT2D eigenvalue weighted by atomic mass is 15.1. The predicted octanol–water partition coefficient (Wildman–Crippen LogP) is 3.10. The summed E-state index contributed by atoms with van der Waals surface area (Å²) in [7, 11) is 0. The molecule has 1 saturated carbocycles. The second-order valence-electron chi connectivity index (χ2n) is 6.18. The van der Waals surface area contributed by atoms with Crippen LogP contribution in [0.2, 0.25) is 0 Å². The summed E-state index contributed by atoms with van der Waals surface area (Å²) in [5.41, 5.74) is 0.683. The zero-order valence-electron chi connectivity index (χ0n) is 11.5. The van der Waals surface area contributed by atoms with Gasteiger partial charge in [0.25, 0.3) is 0 Å². The predicted molar refractivity (Wildman–Crippen MR) is 73.5 cm³/mol. The monoisotopic (exact) mass is 247 g/mol. The third-order valence-electron chi connectivity index (χ3n) is 5.33. The van der Waals surface area contributed by atoms with E-state index in [0.29, 0.717) is 11.5 Å². The van der Waals surface area contributed by atoms with Crippen molar-refractivity contribution in [3.05, 3.63) is 18.7 Å². The first-order valence-electron chi connectivity index (χ1n) is 7.51. The number of rotatable bonds is 2. The number of piperidine rings is 1. The molecule has 1 aromatic heterocycles. The minimum absolute atomic E-state index is 0.683. The van der Waals surface area contributed by atoms with Crippen LogP contribution in [-0.4, -0.2) is 34.1 Å². The van der Waals surface area contributed by atoms with Crippen molar-refractivity contribution in [2.45, 2.75) is 51.5 Å². The van der Waals surface area contributed by atoms with Crippen molar-refractivity contribution < 1.29 is 0 Å². The fraction of sp³-hybridized carbons (Fsp3) is 0.800. The molecule has 0 aromatic carbocycles. The Hall–Kier alpha value is -0.830. The molecule has 1 aromatic rings. The van der Waals surface area contributed by atoms with Gasteiger partial charge in [-0.25, -0.2) is 4.98 Å². The molecule has 0 amide bonds. The van der Waals surface area contributed by atoms with E-state index in [0.717, 1.165) is 0 Å². The normalized spacial score (nSPS) is 25.6. The Kier molecular flexibility index (Phi) is 3.42. The Morgan fingerprint density at radius 1 is 1.17 bits per heavy atom. The molecule has 3 nitrogen and oxygen atoms in total. The lowest BCUT2D eigenvalue weighted by Gasteiger charge is -2.46. The van der Waals surface area contributed by atoms with Crippen molar-refractivity contribution in [3.8, 4) is 0 Å². The van der Waals surface area contributed by atoms with Crippen LogP contribution < -0.4 is 0 Å². The SMILES string of the molecule is CCN1CCC2(CCC(n3ccnc3)CC2)CC1. The summed E-state index contributed by atoms with van der Waals surface area (Å²) in [5, 5.41) is 0. The van der Waals surface area contributed by atoms with Crippen molar-refractivity contribution in [2.24, 2.45) is 5.41 Å². The van der Waals surface area contributed by atoms with Crippen molar-refractivity contribution in [3.63, 3.8) is 0 Å². The van der Waals surface area contributed by atoms with E-state index in [-0.39, 0.29) is 0 Å². The van der Waals surface area contributed by atoms with E-state index >= 15 is 0 Å². The number of nitrogens with zero attached hydrogens (tertiary/aromatic N) is 3. The fourth-order valence-electron chi connectivity index (χ4n) is 3.84. The van der Waals surface area contributed by atoms with E-state index in [9.17, 15) is 0 Å². The van der Waals surface area contributed by atoms with Gasteiger partial charge in [-0.05, 0) is 63.6 Å². The van der Waals surface area contributed by atoms with E-state index in [1.807, 2.05) is 12.5 Å². The molecular formula is C15H25N3. The molecule has 0 radical (unpaired) electrons. The maximum Gasteiger partial charge on any atom is 0.0948 e. The zero-order valence-corrected chi connectivity index (χ0v) is 11.5. The molecule has 0 N–H and O–H groups in total. The van der Waals surface area contributed by atoms with Crippen LogP contribution in [0.1, 0.15) is 51.5 Å². The summed E-state index contributed by atoms with van der Waals surface area (Å²) >= 11 is 0. The molecular weight excluding hydrogens is 222 g/mol. The van der Waals surface area contributed by atoms with E-state index in [1.165, 1.54) is 58.2 Å². The van der Waals surface area contributed by atoms with E-state index in [1.54, 1.807) is 0 Å². The number of imidazole rings is 1. The standard InChI is InChI=1S/C15H25N3/c1-2-17-10-7-15(8-11-17)5-3-14(4-6-15)18-12-9-16-13-18/h9,12-14H,2-8,10-11H2,1H3. The molecule has 3 heteroatoms. The van der Waals surface area contributed by atoms with Crippen LogP contribution in [0.3, 0.4) is 0 Å². The lowest BCUT2D eigenvalue weighted by Crippen LogP contribution is -2.41. The average Bonchev–Trinajstić information content (AvgIpc) is 2.95. The first-order chi connectivity index (χ1) is 8.81. The topological polar surface area (TPSA) is 21.1 Å². The summed E-state index contributed by atoms with van der Waals surface area (Å²) in [4.78, 5) is 6.78. The van der Waals surface area contributed by atoms with Crippen LogP contribution in [0.25, 0.3) is 0 Å². The number of hydrogen-bond donors (Lipinski definition) is 0. The lowest BCUT2D eigenvalue weighted by atomic mass is 9.67. The van der Waals surface area contributed by atoms with Crippen LogP contribution >= 0.6 is 0 Å². The van der Waals surface area contributed by atoms with Gasteiger partial charge in [0.15, 0.2) is 0 Å². The number of aromatic nitrogens is 2. The highest BCUT2D eigenvalue weighted by Crippen LogP contribution is 2.47. The molecule has 2 fully saturated rings. The van der Waals surface area contributed by atoms with Gasteiger partial charge < -0.3 is 9.47 Å². The molecule has 2 heterocycles. The lowest BCUT2D eigenvalue weighted by molar-refractivity contribution is 0.0562. The second-order valence-corrected chi connectivity index (χ2v) is 6.18. The molecule has 18 heavy (non-hydrogen) atoms. The first kappa shape index (κ1) is 12.2. The number of hydrogen-bond acceptors (Lipinski definition) is 2.